The molecule has 4 heteroatoms. The molecule has 0 amide bonds. The van der Waals surface area contributed by atoms with E-state index < -0.39 is 0 Å². The van der Waals surface area contributed by atoms with E-state index in [1.165, 1.54) is 0 Å². The largest absolute Gasteiger partial charge is 0.361 e. The molecule has 0 aliphatic carbocycles. The van der Waals surface area contributed by atoms with Gasteiger partial charge in [0.2, 0.25) is 0 Å². The minimum Gasteiger partial charge on any atom is -0.361 e. The number of aromatic amines is 1. The summed E-state index contributed by atoms with van der Waals surface area (Å²) in [5.41, 5.74) is 5.35. The fourth-order valence-corrected chi connectivity index (χ4v) is 2.90. The zero-order valence-corrected chi connectivity index (χ0v) is 12.1. The molecule has 108 valence electrons. The molecule has 4 nitrogen and oxygen atoms in total. The van der Waals surface area contributed by atoms with Gasteiger partial charge in [0.25, 0.3) is 5.56 Å². The minimum atomic E-state index is -0.152. The van der Waals surface area contributed by atoms with E-state index in [1.54, 1.807) is 18.5 Å². The number of nitrogens with zero attached hydrogens (tertiary/aromatic N) is 1. The average molecular weight is 297 g/mol. The molecule has 1 aromatic heterocycles. The maximum atomic E-state index is 12.3. The summed E-state index contributed by atoms with van der Waals surface area (Å²) >= 11 is 0. The molecule has 0 saturated carbocycles. The van der Waals surface area contributed by atoms with Gasteiger partial charge in [-0.2, -0.15) is 5.26 Å². The standard InChI is InChI=1S/C19H11N3O/c20-10-15-8-13-5-7-22-19(23)18(13)17-9-12(3-4-16(15)17)14-2-1-6-21-11-14/h2-9,11,21H,(H,22,23). The van der Waals surface area contributed by atoms with E-state index in [-0.39, 0.29) is 5.56 Å². The molecule has 0 atom stereocenters. The zero-order valence-electron chi connectivity index (χ0n) is 12.1. The molecule has 2 heterocycles. The van der Waals surface area contributed by atoms with Crippen molar-refractivity contribution in [1.82, 2.24) is 10.3 Å². The van der Waals surface area contributed by atoms with Gasteiger partial charge in [0, 0.05) is 29.6 Å². The molecular weight excluding hydrogens is 286 g/mol. The summed E-state index contributed by atoms with van der Waals surface area (Å²) in [6.45, 7) is 0. The van der Waals surface area contributed by atoms with Crippen LogP contribution in [-0.2, 0) is 0 Å². The zero-order chi connectivity index (χ0) is 15.8. The molecule has 2 aromatic carbocycles. The SMILES string of the molecule is N#Cc1cc2cc[nH]c(=O)c2c2cc(C3=CNC=C=C3)ccc12. The van der Waals surface area contributed by atoms with Crippen molar-refractivity contribution in [2.75, 3.05) is 0 Å². The Morgan fingerprint density at radius 1 is 1.13 bits per heavy atom. The predicted octanol–water partition coefficient (Wildman–Crippen LogP) is 3.17. The Kier molecular flexibility index (Phi) is 2.87. The summed E-state index contributed by atoms with van der Waals surface area (Å²) in [6.07, 6.45) is 7.07. The third-order valence-electron chi connectivity index (χ3n) is 3.97. The molecule has 2 N–H and O–H groups in total. The van der Waals surface area contributed by atoms with Crippen LogP contribution in [0.25, 0.3) is 27.1 Å². The molecule has 23 heavy (non-hydrogen) atoms. The van der Waals surface area contributed by atoms with Crippen LogP contribution in [0.1, 0.15) is 11.1 Å². The van der Waals surface area contributed by atoms with Gasteiger partial charge in [-0.25, -0.2) is 0 Å². The summed E-state index contributed by atoms with van der Waals surface area (Å²) in [5.74, 6) is 0. The number of rotatable bonds is 1. The van der Waals surface area contributed by atoms with Gasteiger partial charge in [-0.15, -0.1) is 5.73 Å². The highest BCUT2D eigenvalue weighted by Crippen LogP contribution is 2.29. The Morgan fingerprint density at radius 2 is 2.04 bits per heavy atom. The second-order valence-corrected chi connectivity index (χ2v) is 5.29. The third-order valence-corrected chi connectivity index (χ3v) is 3.97. The molecule has 0 saturated heterocycles. The summed E-state index contributed by atoms with van der Waals surface area (Å²) < 4.78 is 0. The highest BCUT2D eigenvalue weighted by molar-refractivity contribution is 6.10. The fourth-order valence-electron chi connectivity index (χ4n) is 2.90. The van der Waals surface area contributed by atoms with Gasteiger partial charge < -0.3 is 10.3 Å². The van der Waals surface area contributed by atoms with Crippen LogP contribution in [0.5, 0.6) is 0 Å². The number of allylic oxidation sites excluding steroid dienone is 2. The van der Waals surface area contributed by atoms with Crippen LogP contribution in [0.15, 0.2) is 65.5 Å². The number of fused-ring (bicyclic) bond motifs is 3. The Hall–Kier alpha value is -3.54. The van der Waals surface area contributed by atoms with E-state index in [0.29, 0.717) is 10.9 Å². The van der Waals surface area contributed by atoms with Crippen molar-refractivity contribution in [1.29, 1.82) is 5.26 Å². The number of nitriles is 1. The molecular formula is C19H11N3O. The number of aromatic nitrogens is 1. The molecule has 1 aliphatic heterocycles. The van der Waals surface area contributed by atoms with Gasteiger partial charge >= 0.3 is 0 Å². The van der Waals surface area contributed by atoms with Crippen LogP contribution >= 0.6 is 0 Å². The van der Waals surface area contributed by atoms with Crippen LogP contribution in [0.4, 0.5) is 0 Å². The quantitative estimate of drug-likeness (QED) is 0.535. The van der Waals surface area contributed by atoms with Crippen molar-refractivity contribution in [3.05, 3.63) is 82.2 Å². The molecule has 0 fully saturated rings. The molecule has 0 spiro atoms. The number of pyridine rings is 1. The van der Waals surface area contributed by atoms with Gasteiger partial charge in [-0.3, -0.25) is 4.79 Å². The second-order valence-electron chi connectivity index (χ2n) is 5.29. The maximum absolute atomic E-state index is 12.3. The van der Waals surface area contributed by atoms with E-state index in [1.807, 2.05) is 36.5 Å². The Morgan fingerprint density at radius 3 is 2.83 bits per heavy atom. The average Bonchev–Trinajstić information content (AvgIpc) is 2.61. The monoisotopic (exact) mass is 297 g/mol. The first-order chi connectivity index (χ1) is 11.3. The van der Waals surface area contributed by atoms with Gasteiger partial charge in [-0.05, 0) is 40.6 Å². The number of H-pyrrole nitrogens is 1. The van der Waals surface area contributed by atoms with Crippen molar-refractivity contribution in [3.8, 4) is 6.07 Å². The first-order valence-electron chi connectivity index (χ1n) is 7.14. The molecule has 0 unspecified atom stereocenters. The van der Waals surface area contributed by atoms with E-state index in [2.05, 4.69) is 22.1 Å². The van der Waals surface area contributed by atoms with Gasteiger partial charge in [0.1, 0.15) is 0 Å². The number of nitrogens with one attached hydrogen (secondary N) is 2. The molecule has 1 aliphatic rings. The van der Waals surface area contributed by atoms with E-state index in [4.69, 9.17) is 0 Å². The lowest BCUT2D eigenvalue weighted by Crippen LogP contribution is -2.05. The highest BCUT2D eigenvalue weighted by atomic mass is 16.1. The second kappa shape index (κ2) is 5.03. The third kappa shape index (κ3) is 2.04. The molecule has 0 bridgehead atoms. The van der Waals surface area contributed by atoms with Crippen LogP contribution in [0.2, 0.25) is 0 Å². The summed E-state index contributed by atoms with van der Waals surface area (Å²) in [7, 11) is 0. The van der Waals surface area contributed by atoms with Crippen molar-refractivity contribution in [2.24, 2.45) is 0 Å². The molecule has 4 rings (SSSR count). The van der Waals surface area contributed by atoms with Crippen molar-refractivity contribution in [3.63, 3.8) is 0 Å². The molecule has 3 aromatic rings. The summed E-state index contributed by atoms with van der Waals surface area (Å²) in [4.78, 5) is 15.0. The van der Waals surface area contributed by atoms with E-state index in [0.717, 1.165) is 27.3 Å². The Labute approximate surface area is 131 Å². The topological polar surface area (TPSA) is 68.7 Å². The first-order valence-corrected chi connectivity index (χ1v) is 7.14. The number of hydrogen-bond acceptors (Lipinski definition) is 3. The first kappa shape index (κ1) is 13.1. The van der Waals surface area contributed by atoms with Crippen LogP contribution in [0, 0.1) is 11.3 Å². The lowest BCUT2D eigenvalue weighted by molar-refractivity contribution is 1.19. The van der Waals surface area contributed by atoms with E-state index >= 15 is 0 Å². The van der Waals surface area contributed by atoms with Crippen molar-refractivity contribution in [2.45, 2.75) is 0 Å². The smallest absolute Gasteiger partial charge is 0.256 e. The highest BCUT2D eigenvalue weighted by Gasteiger charge is 2.11. The van der Waals surface area contributed by atoms with Gasteiger partial charge in [0.15, 0.2) is 0 Å². The minimum absolute atomic E-state index is 0.152. The Balaban J connectivity index is 2.14. The van der Waals surface area contributed by atoms with Crippen molar-refractivity contribution < 1.29 is 0 Å². The van der Waals surface area contributed by atoms with Crippen LogP contribution in [0.3, 0.4) is 0 Å². The van der Waals surface area contributed by atoms with Crippen molar-refractivity contribution >= 4 is 27.1 Å². The lowest BCUT2D eigenvalue weighted by Gasteiger charge is -2.09. The Bertz CT molecular complexity index is 1150. The van der Waals surface area contributed by atoms with Crippen LogP contribution in [-0.4, -0.2) is 4.98 Å². The lowest BCUT2D eigenvalue weighted by atomic mass is 9.95. The van der Waals surface area contributed by atoms with Gasteiger partial charge in [0.05, 0.1) is 17.0 Å². The summed E-state index contributed by atoms with van der Waals surface area (Å²) in [6, 6.07) is 11.6. The van der Waals surface area contributed by atoms with Crippen LogP contribution < -0.4 is 10.9 Å². The maximum Gasteiger partial charge on any atom is 0.256 e. The fraction of sp³-hybridized carbons (Fsp3) is 0. The number of benzene rings is 2. The van der Waals surface area contributed by atoms with Gasteiger partial charge in [-0.1, -0.05) is 12.1 Å². The molecule has 0 radical (unpaired) electrons. The number of hydrogen-bond donors (Lipinski definition) is 2. The summed E-state index contributed by atoms with van der Waals surface area (Å²) in [5, 5.41) is 15.3. The predicted molar refractivity (Wildman–Crippen MR) is 90.6 cm³/mol. The normalized spacial score (nSPS) is 12.9. The van der Waals surface area contributed by atoms with E-state index in [9.17, 15) is 10.1 Å².